The quantitative estimate of drug-likeness (QED) is 0.766. The average molecular weight is 328 g/mol. The van der Waals surface area contributed by atoms with Crippen LogP contribution in [-0.4, -0.2) is 6.54 Å². The first-order chi connectivity index (χ1) is 9.01. The Kier molecular flexibility index (Phi) is 5.13. The number of halogens is 1. The van der Waals surface area contributed by atoms with E-state index in [9.17, 15) is 0 Å². The SMILES string of the molecule is CC(C)CC1(CNC(C)c2ccc(Br)o2)CCCC1. The van der Waals surface area contributed by atoms with Gasteiger partial charge in [-0.25, -0.2) is 0 Å². The van der Waals surface area contributed by atoms with E-state index in [1.165, 1.54) is 32.1 Å². The standard InChI is InChI=1S/C16H26BrNO/c1-12(2)10-16(8-4-5-9-16)11-18-13(3)14-6-7-15(17)19-14/h6-7,12-13,18H,4-5,8-11H2,1-3H3. The predicted octanol–water partition coefficient (Wildman–Crippen LogP) is 5.30. The minimum atomic E-state index is 0.288. The lowest BCUT2D eigenvalue weighted by Crippen LogP contribution is -2.34. The van der Waals surface area contributed by atoms with Crippen LogP contribution in [0.5, 0.6) is 0 Å². The summed E-state index contributed by atoms with van der Waals surface area (Å²) in [5.41, 5.74) is 0.520. The highest BCUT2D eigenvalue weighted by molar-refractivity contribution is 9.10. The molecule has 1 aromatic heterocycles. The molecule has 19 heavy (non-hydrogen) atoms. The van der Waals surface area contributed by atoms with Gasteiger partial charge in [-0.1, -0.05) is 26.7 Å². The number of hydrogen-bond donors (Lipinski definition) is 1. The fraction of sp³-hybridized carbons (Fsp3) is 0.750. The van der Waals surface area contributed by atoms with Gasteiger partial charge in [-0.2, -0.15) is 0 Å². The number of rotatable bonds is 6. The molecule has 1 aromatic rings. The zero-order valence-electron chi connectivity index (χ0n) is 12.3. The number of hydrogen-bond acceptors (Lipinski definition) is 2. The van der Waals surface area contributed by atoms with Crippen molar-refractivity contribution in [2.75, 3.05) is 6.54 Å². The zero-order valence-corrected chi connectivity index (χ0v) is 13.9. The minimum absolute atomic E-state index is 0.288. The molecule has 2 nitrogen and oxygen atoms in total. The third-order valence-corrected chi connectivity index (χ3v) is 4.74. The molecule has 0 saturated heterocycles. The van der Waals surface area contributed by atoms with Crippen LogP contribution in [0, 0.1) is 11.3 Å². The summed E-state index contributed by atoms with van der Waals surface area (Å²) in [5.74, 6) is 1.80. The van der Waals surface area contributed by atoms with E-state index < -0.39 is 0 Å². The highest BCUT2D eigenvalue weighted by atomic mass is 79.9. The Balaban J connectivity index is 1.91. The van der Waals surface area contributed by atoms with Gasteiger partial charge in [-0.05, 0) is 65.6 Å². The Bertz CT molecular complexity index is 393. The van der Waals surface area contributed by atoms with E-state index in [-0.39, 0.29) is 6.04 Å². The molecule has 2 rings (SSSR count). The highest BCUT2D eigenvalue weighted by Crippen LogP contribution is 2.43. The second kappa shape index (κ2) is 6.45. The summed E-state index contributed by atoms with van der Waals surface area (Å²) in [4.78, 5) is 0. The molecule has 1 fully saturated rings. The molecule has 108 valence electrons. The smallest absolute Gasteiger partial charge is 0.169 e. The number of furan rings is 1. The van der Waals surface area contributed by atoms with Crippen LogP contribution in [0.3, 0.4) is 0 Å². The van der Waals surface area contributed by atoms with Crippen LogP contribution in [-0.2, 0) is 0 Å². The van der Waals surface area contributed by atoms with Gasteiger partial charge in [-0.15, -0.1) is 0 Å². The zero-order chi connectivity index (χ0) is 13.9. The Morgan fingerprint density at radius 2 is 1.95 bits per heavy atom. The molecule has 1 heterocycles. The molecule has 0 radical (unpaired) electrons. The lowest BCUT2D eigenvalue weighted by atomic mass is 9.78. The summed E-state index contributed by atoms with van der Waals surface area (Å²) in [5, 5.41) is 3.69. The molecule has 3 heteroatoms. The van der Waals surface area contributed by atoms with Crippen molar-refractivity contribution >= 4 is 15.9 Å². The fourth-order valence-electron chi connectivity index (χ4n) is 3.48. The van der Waals surface area contributed by atoms with Crippen LogP contribution in [0.25, 0.3) is 0 Å². The van der Waals surface area contributed by atoms with Crippen LogP contribution in [0.15, 0.2) is 21.2 Å². The van der Waals surface area contributed by atoms with Gasteiger partial charge in [0, 0.05) is 6.54 Å². The van der Waals surface area contributed by atoms with Crippen LogP contribution >= 0.6 is 15.9 Å². The first-order valence-electron chi connectivity index (χ1n) is 7.49. The maximum absolute atomic E-state index is 5.63. The van der Waals surface area contributed by atoms with Crippen molar-refractivity contribution in [2.45, 2.75) is 58.9 Å². The topological polar surface area (TPSA) is 25.2 Å². The van der Waals surface area contributed by atoms with Gasteiger partial charge in [0.15, 0.2) is 4.67 Å². The van der Waals surface area contributed by atoms with E-state index >= 15 is 0 Å². The summed E-state index contributed by atoms with van der Waals surface area (Å²) in [6.45, 7) is 7.98. The van der Waals surface area contributed by atoms with E-state index in [0.717, 1.165) is 22.9 Å². The van der Waals surface area contributed by atoms with Gasteiger partial charge in [0.1, 0.15) is 5.76 Å². The van der Waals surface area contributed by atoms with Crippen molar-refractivity contribution in [3.63, 3.8) is 0 Å². The maximum atomic E-state index is 5.63. The molecule has 1 unspecified atom stereocenters. The molecule has 1 saturated carbocycles. The highest BCUT2D eigenvalue weighted by Gasteiger charge is 2.34. The second-order valence-electron chi connectivity index (χ2n) is 6.55. The van der Waals surface area contributed by atoms with Crippen molar-refractivity contribution in [1.82, 2.24) is 5.32 Å². The van der Waals surface area contributed by atoms with Crippen LogP contribution in [0.4, 0.5) is 0 Å². The first-order valence-corrected chi connectivity index (χ1v) is 8.29. The lowest BCUT2D eigenvalue weighted by molar-refractivity contribution is 0.213. The average Bonchev–Trinajstić information content (AvgIpc) is 2.95. The van der Waals surface area contributed by atoms with E-state index in [0.29, 0.717) is 5.41 Å². The van der Waals surface area contributed by atoms with Crippen molar-refractivity contribution in [3.8, 4) is 0 Å². The molecule has 0 bridgehead atoms. The Morgan fingerprint density at radius 3 is 2.47 bits per heavy atom. The van der Waals surface area contributed by atoms with Gasteiger partial charge in [0.2, 0.25) is 0 Å². The minimum Gasteiger partial charge on any atom is -0.453 e. The monoisotopic (exact) mass is 327 g/mol. The largest absolute Gasteiger partial charge is 0.453 e. The van der Waals surface area contributed by atoms with Gasteiger partial charge in [0.05, 0.1) is 6.04 Å². The summed E-state index contributed by atoms with van der Waals surface area (Å²) < 4.78 is 6.44. The second-order valence-corrected chi connectivity index (χ2v) is 7.33. The third kappa shape index (κ3) is 4.09. The van der Waals surface area contributed by atoms with Crippen LogP contribution < -0.4 is 5.32 Å². The van der Waals surface area contributed by atoms with Crippen molar-refractivity contribution in [3.05, 3.63) is 22.6 Å². The van der Waals surface area contributed by atoms with E-state index in [2.05, 4.69) is 42.0 Å². The molecule has 1 atom stereocenters. The molecular formula is C16H26BrNO. The van der Waals surface area contributed by atoms with E-state index in [4.69, 9.17) is 4.42 Å². The molecule has 0 spiro atoms. The predicted molar refractivity (Wildman–Crippen MR) is 83.2 cm³/mol. The lowest BCUT2D eigenvalue weighted by Gasteiger charge is -2.32. The fourth-order valence-corrected chi connectivity index (χ4v) is 3.79. The van der Waals surface area contributed by atoms with Crippen LogP contribution in [0.1, 0.15) is 64.7 Å². The van der Waals surface area contributed by atoms with Crippen LogP contribution in [0.2, 0.25) is 0 Å². The van der Waals surface area contributed by atoms with Crippen molar-refractivity contribution in [1.29, 1.82) is 0 Å². The van der Waals surface area contributed by atoms with Gasteiger partial charge < -0.3 is 9.73 Å². The summed E-state index contributed by atoms with van der Waals surface area (Å²) >= 11 is 3.37. The molecule has 1 N–H and O–H groups in total. The Morgan fingerprint density at radius 1 is 1.26 bits per heavy atom. The maximum Gasteiger partial charge on any atom is 0.169 e. The molecule has 0 amide bonds. The van der Waals surface area contributed by atoms with Crippen molar-refractivity contribution in [2.24, 2.45) is 11.3 Å². The first kappa shape index (κ1) is 15.1. The van der Waals surface area contributed by atoms with Gasteiger partial charge in [0.25, 0.3) is 0 Å². The normalized spacial score (nSPS) is 20.1. The summed E-state index contributed by atoms with van der Waals surface area (Å²) in [6.07, 6.45) is 6.90. The molecule has 1 aliphatic rings. The molecule has 0 aromatic carbocycles. The third-order valence-electron chi connectivity index (χ3n) is 4.31. The molecule has 1 aliphatic carbocycles. The van der Waals surface area contributed by atoms with E-state index in [1.54, 1.807) is 0 Å². The Hall–Kier alpha value is -0.280. The Labute approximate surface area is 125 Å². The van der Waals surface area contributed by atoms with Gasteiger partial charge >= 0.3 is 0 Å². The van der Waals surface area contributed by atoms with Crippen molar-refractivity contribution < 1.29 is 4.42 Å². The summed E-state index contributed by atoms with van der Waals surface area (Å²) in [7, 11) is 0. The molecular weight excluding hydrogens is 302 g/mol. The number of nitrogens with one attached hydrogen (secondary N) is 1. The summed E-state index contributed by atoms with van der Waals surface area (Å²) in [6, 6.07) is 4.30. The molecule has 0 aliphatic heterocycles. The van der Waals surface area contributed by atoms with E-state index in [1.807, 2.05) is 12.1 Å². The van der Waals surface area contributed by atoms with Gasteiger partial charge in [-0.3, -0.25) is 0 Å².